The molecule has 0 bridgehead atoms. The third-order valence-corrected chi connectivity index (χ3v) is 14.5. The fourth-order valence-electron chi connectivity index (χ4n) is 11.6. The normalized spacial score (nSPS) is 38.9. The zero-order valence-electron chi connectivity index (χ0n) is 31.4. The van der Waals surface area contributed by atoms with Crippen LogP contribution >= 0.6 is 0 Å². The average molecular weight is 670 g/mol. The maximum absolute atomic E-state index is 14.0. The van der Waals surface area contributed by atoms with Crippen LogP contribution in [0.25, 0.3) is 0 Å². The number of likely N-dealkylation sites (N-methyl/N-ethyl adjacent to an activating group) is 1. The van der Waals surface area contributed by atoms with Crippen molar-refractivity contribution in [3.05, 3.63) is 66.3 Å². The third kappa shape index (κ3) is 7.26. The van der Waals surface area contributed by atoms with E-state index in [0.29, 0.717) is 40.9 Å². The first-order valence-electron chi connectivity index (χ1n) is 19.6. The number of hydrogen-bond acceptors (Lipinski definition) is 5. The molecular formula is C44H63NO4. The molecule has 5 aliphatic rings. The Morgan fingerprint density at radius 3 is 2.35 bits per heavy atom. The van der Waals surface area contributed by atoms with Crippen molar-refractivity contribution < 1.29 is 19.1 Å². The molecule has 5 heteroatoms. The molecule has 0 aliphatic heterocycles. The number of esters is 2. The summed E-state index contributed by atoms with van der Waals surface area (Å²) in [5.41, 5.74) is 0.641. The quantitative estimate of drug-likeness (QED) is 0.199. The highest BCUT2D eigenvalue weighted by molar-refractivity contribution is 5.92. The minimum atomic E-state index is -0.317. The SMILES string of the molecule is CNC1(C)C=CC=C(C(=O)OC2CC3C4CCC(C(C)CCCC(C)C)C4(C)CCC3C3(C)CCC(C(=O)Oc4ccccc4)CC23)C=C1. The number of nitrogens with one attached hydrogen (secondary N) is 1. The molecule has 49 heavy (non-hydrogen) atoms. The number of ether oxygens (including phenoxy) is 2. The second-order valence-corrected chi connectivity index (χ2v) is 17.8. The Morgan fingerprint density at radius 2 is 1.61 bits per heavy atom. The molecule has 6 rings (SSSR count). The Kier molecular flexibility index (Phi) is 10.7. The van der Waals surface area contributed by atoms with Crippen LogP contribution in [0.15, 0.2) is 66.3 Å². The van der Waals surface area contributed by atoms with E-state index in [1.165, 1.54) is 44.9 Å². The van der Waals surface area contributed by atoms with Crippen LogP contribution in [-0.2, 0) is 14.3 Å². The van der Waals surface area contributed by atoms with E-state index in [-0.39, 0.29) is 40.8 Å². The summed E-state index contributed by atoms with van der Waals surface area (Å²) >= 11 is 0. The maximum atomic E-state index is 14.0. The molecule has 11 atom stereocenters. The zero-order valence-corrected chi connectivity index (χ0v) is 31.4. The van der Waals surface area contributed by atoms with Gasteiger partial charge in [0.25, 0.3) is 0 Å². The van der Waals surface area contributed by atoms with Gasteiger partial charge >= 0.3 is 11.9 Å². The van der Waals surface area contributed by atoms with Gasteiger partial charge in [0.05, 0.1) is 17.0 Å². The standard InChI is InChI=1S/C44H63NO4/c1-29(2)13-11-14-30(3)35-18-19-36-34-28-39(49-40(46)31-15-12-23-42(4,45-7)24-20-31)38-27-32(41(47)48-33-16-9-8-10-17-33)21-25-44(38,6)37(34)22-26-43(35,36)5/h8-10,12,15-17,20,23-24,29-30,32,34-39,45H,11,13-14,18-19,21-22,25-28H2,1-7H3. The summed E-state index contributed by atoms with van der Waals surface area (Å²) in [5.74, 6) is 4.25. The van der Waals surface area contributed by atoms with Gasteiger partial charge in [0.2, 0.25) is 0 Å². The summed E-state index contributed by atoms with van der Waals surface area (Å²) < 4.78 is 12.6. The number of benzene rings is 1. The molecule has 5 aliphatic carbocycles. The van der Waals surface area contributed by atoms with Crippen molar-refractivity contribution in [1.29, 1.82) is 0 Å². The largest absolute Gasteiger partial charge is 0.458 e. The predicted octanol–water partition coefficient (Wildman–Crippen LogP) is 9.88. The lowest BCUT2D eigenvalue weighted by molar-refractivity contribution is -0.189. The molecule has 1 N–H and O–H groups in total. The number of allylic oxidation sites excluding steroid dienone is 2. The van der Waals surface area contributed by atoms with Crippen LogP contribution in [0.3, 0.4) is 0 Å². The summed E-state index contributed by atoms with van der Waals surface area (Å²) in [5, 5.41) is 3.32. The van der Waals surface area contributed by atoms with Gasteiger partial charge in [-0.25, -0.2) is 4.79 Å². The molecule has 268 valence electrons. The van der Waals surface area contributed by atoms with Crippen molar-refractivity contribution in [1.82, 2.24) is 5.32 Å². The van der Waals surface area contributed by atoms with E-state index in [1.807, 2.05) is 61.7 Å². The Labute approximate surface area is 296 Å². The lowest BCUT2D eigenvalue weighted by Gasteiger charge is -2.62. The fraction of sp³-hybridized carbons (Fsp3) is 0.682. The Bertz CT molecular complexity index is 1430. The Morgan fingerprint density at radius 1 is 0.878 bits per heavy atom. The van der Waals surface area contributed by atoms with E-state index in [4.69, 9.17) is 9.47 Å². The minimum Gasteiger partial charge on any atom is -0.458 e. The molecule has 0 aromatic heterocycles. The molecule has 1 aromatic carbocycles. The van der Waals surface area contributed by atoms with Crippen molar-refractivity contribution in [3.8, 4) is 5.75 Å². The smallest absolute Gasteiger partial charge is 0.338 e. The van der Waals surface area contributed by atoms with Crippen molar-refractivity contribution in [2.45, 2.75) is 124 Å². The van der Waals surface area contributed by atoms with Gasteiger partial charge in [-0.1, -0.05) is 90.3 Å². The van der Waals surface area contributed by atoms with Crippen molar-refractivity contribution in [2.24, 2.45) is 58.2 Å². The highest BCUT2D eigenvalue weighted by Gasteiger charge is 2.63. The van der Waals surface area contributed by atoms with Crippen LogP contribution in [0.4, 0.5) is 0 Å². The Hall–Kier alpha value is -2.66. The molecule has 0 spiro atoms. The average Bonchev–Trinajstić information content (AvgIpc) is 3.31. The predicted molar refractivity (Wildman–Crippen MR) is 198 cm³/mol. The summed E-state index contributed by atoms with van der Waals surface area (Å²) in [6, 6.07) is 9.44. The van der Waals surface area contributed by atoms with Crippen LogP contribution < -0.4 is 10.1 Å². The highest BCUT2D eigenvalue weighted by Crippen LogP contribution is 2.69. The summed E-state index contributed by atoms with van der Waals surface area (Å²) in [4.78, 5) is 27.6. The number of carbonyl (C=O) groups is 2. The molecule has 0 heterocycles. The van der Waals surface area contributed by atoms with Gasteiger partial charge < -0.3 is 14.8 Å². The van der Waals surface area contributed by atoms with E-state index in [0.717, 1.165) is 37.0 Å². The molecular weight excluding hydrogens is 606 g/mol. The number of fused-ring (bicyclic) bond motifs is 5. The number of para-hydroxylation sites is 1. The van der Waals surface area contributed by atoms with Gasteiger partial charge in [0.1, 0.15) is 11.9 Å². The molecule has 0 amide bonds. The van der Waals surface area contributed by atoms with Gasteiger partial charge in [-0.05, 0) is 136 Å². The second-order valence-electron chi connectivity index (χ2n) is 17.8. The Balaban J connectivity index is 1.25. The summed E-state index contributed by atoms with van der Waals surface area (Å²) in [6.45, 7) is 14.4. The van der Waals surface area contributed by atoms with Crippen LogP contribution in [-0.4, -0.2) is 30.6 Å². The van der Waals surface area contributed by atoms with Crippen LogP contribution in [0.1, 0.15) is 112 Å². The van der Waals surface area contributed by atoms with Crippen molar-refractivity contribution in [2.75, 3.05) is 7.05 Å². The summed E-state index contributed by atoms with van der Waals surface area (Å²) in [6.07, 6.45) is 22.3. The lowest BCUT2D eigenvalue weighted by Crippen LogP contribution is -2.59. The van der Waals surface area contributed by atoms with Gasteiger partial charge in [-0.2, -0.15) is 0 Å². The van der Waals surface area contributed by atoms with Gasteiger partial charge in [0.15, 0.2) is 0 Å². The van der Waals surface area contributed by atoms with E-state index >= 15 is 0 Å². The molecule has 4 saturated carbocycles. The monoisotopic (exact) mass is 669 g/mol. The topological polar surface area (TPSA) is 64.6 Å². The van der Waals surface area contributed by atoms with E-state index in [1.54, 1.807) is 0 Å². The van der Waals surface area contributed by atoms with Crippen molar-refractivity contribution in [3.63, 3.8) is 0 Å². The van der Waals surface area contributed by atoms with E-state index < -0.39 is 0 Å². The maximum Gasteiger partial charge on any atom is 0.338 e. The molecule has 0 radical (unpaired) electrons. The molecule has 4 fully saturated rings. The number of rotatable bonds is 10. The first kappa shape index (κ1) is 36.1. The molecule has 1 aromatic rings. The van der Waals surface area contributed by atoms with Gasteiger partial charge in [0, 0.05) is 5.92 Å². The van der Waals surface area contributed by atoms with Gasteiger partial charge in [-0.15, -0.1) is 0 Å². The van der Waals surface area contributed by atoms with Crippen molar-refractivity contribution >= 4 is 11.9 Å². The van der Waals surface area contributed by atoms with Gasteiger partial charge in [-0.3, -0.25) is 4.79 Å². The number of carbonyl (C=O) groups excluding carboxylic acids is 2. The highest BCUT2D eigenvalue weighted by atomic mass is 16.5. The zero-order chi connectivity index (χ0) is 35.0. The molecule has 5 nitrogen and oxygen atoms in total. The molecule has 0 saturated heterocycles. The van der Waals surface area contributed by atoms with E-state index in [9.17, 15) is 9.59 Å². The minimum absolute atomic E-state index is 0.0258. The third-order valence-electron chi connectivity index (χ3n) is 14.5. The second kappa shape index (κ2) is 14.5. The van der Waals surface area contributed by atoms with Crippen LogP contribution in [0.5, 0.6) is 5.75 Å². The lowest BCUT2D eigenvalue weighted by atomic mass is 9.43. The summed E-state index contributed by atoms with van der Waals surface area (Å²) in [7, 11) is 1.93. The first-order valence-corrected chi connectivity index (χ1v) is 19.6. The van der Waals surface area contributed by atoms with Crippen LogP contribution in [0.2, 0.25) is 0 Å². The van der Waals surface area contributed by atoms with Crippen LogP contribution in [0, 0.1) is 58.2 Å². The molecule has 11 unspecified atom stereocenters. The fourth-order valence-corrected chi connectivity index (χ4v) is 11.6. The first-order chi connectivity index (χ1) is 23.4. The van der Waals surface area contributed by atoms with E-state index in [2.05, 4.69) is 52.9 Å². The number of hydrogen-bond donors (Lipinski definition) is 1.